The second-order valence-corrected chi connectivity index (χ2v) is 7.05. The van der Waals surface area contributed by atoms with Crippen LogP contribution in [0.5, 0.6) is 5.75 Å². The average molecular weight is 415 g/mol. The molecule has 0 aliphatic rings. The zero-order chi connectivity index (χ0) is 19.9. The summed E-state index contributed by atoms with van der Waals surface area (Å²) in [6.07, 6.45) is 0.767. The number of benzene rings is 2. The summed E-state index contributed by atoms with van der Waals surface area (Å²) in [7, 11) is 1.65. The molecule has 28 heavy (non-hydrogen) atoms. The van der Waals surface area contributed by atoms with Crippen molar-refractivity contribution in [3.63, 3.8) is 0 Å². The van der Waals surface area contributed by atoms with Crippen molar-refractivity contribution in [2.45, 2.75) is 6.42 Å². The lowest BCUT2D eigenvalue weighted by Crippen LogP contribution is -2.30. The second-order valence-electron chi connectivity index (χ2n) is 5.79. The van der Waals surface area contributed by atoms with Crippen LogP contribution in [0.3, 0.4) is 0 Å². The minimum atomic E-state index is -0.421. The molecule has 0 atom stereocenters. The Morgan fingerprint density at radius 1 is 1.29 bits per heavy atom. The maximum Gasteiger partial charge on any atom is 0.270 e. The van der Waals surface area contributed by atoms with Gasteiger partial charge >= 0.3 is 0 Å². The fourth-order valence-corrected chi connectivity index (χ4v) is 3.59. The monoisotopic (exact) mass is 414 g/mol. The predicted molar refractivity (Wildman–Crippen MR) is 115 cm³/mol. The molecule has 0 fully saturated rings. The zero-order valence-corrected chi connectivity index (χ0v) is 16.7. The van der Waals surface area contributed by atoms with Crippen molar-refractivity contribution in [3.8, 4) is 17.0 Å². The highest BCUT2D eigenvalue weighted by atomic mass is 32.1. The van der Waals surface area contributed by atoms with Crippen LogP contribution in [0.4, 0.5) is 10.8 Å². The summed E-state index contributed by atoms with van der Waals surface area (Å²) in [5, 5.41) is 20.0. The van der Waals surface area contributed by atoms with E-state index in [-0.39, 0.29) is 5.69 Å². The molecule has 1 aromatic heterocycles. The largest absolute Gasteiger partial charge is 0.496 e. The van der Waals surface area contributed by atoms with Crippen molar-refractivity contribution in [1.29, 1.82) is 0 Å². The molecular weight excluding hydrogens is 396 g/mol. The van der Waals surface area contributed by atoms with E-state index in [9.17, 15) is 10.1 Å². The Labute approximate surface area is 171 Å². The first-order valence-electron chi connectivity index (χ1n) is 8.44. The van der Waals surface area contributed by atoms with E-state index in [1.54, 1.807) is 19.2 Å². The van der Waals surface area contributed by atoms with Crippen LogP contribution in [0.1, 0.15) is 5.56 Å². The Balaban J connectivity index is 1.55. The van der Waals surface area contributed by atoms with E-state index in [1.807, 2.05) is 29.6 Å². The molecule has 3 rings (SSSR count). The highest BCUT2D eigenvalue weighted by Crippen LogP contribution is 2.27. The van der Waals surface area contributed by atoms with E-state index in [0.717, 1.165) is 17.7 Å². The van der Waals surface area contributed by atoms with Gasteiger partial charge in [-0.1, -0.05) is 30.3 Å². The number of rotatable bonds is 7. The standard InChI is InChI=1S/C19H18N4O3S2/c1-26-17-8-3-2-5-13(17)9-10-20-18(27)22-19-21-16(12-28-19)14-6-4-7-15(11-14)23(24)25/h2-8,11-12H,9-10H2,1H3,(H2,20,21,22,27). The molecule has 9 heteroatoms. The van der Waals surface area contributed by atoms with E-state index in [0.29, 0.717) is 28.0 Å². The van der Waals surface area contributed by atoms with Gasteiger partial charge in [-0.05, 0) is 30.3 Å². The van der Waals surface area contributed by atoms with E-state index in [2.05, 4.69) is 15.6 Å². The summed E-state index contributed by atoms with van der Waals surface area (Å²) < 4.78 is 5.34. The second kappa shape index (κ2) is 9.25. The highest BCUT2D eigenvalue weighted by Gasteiger charge is 2.10. The van der Waals surface area contributed by atoms with E-state index < -0.39 is 4.92 Å². The minimum absolute atomic E-state index is 0.0357. The first-order chi connectivity index (χ1) is 13.6. The summed E-state index contributed by atoms with van der Waals surface area (Å²) in [4.78, 5) is 15.0. The van der Waals surface area contributed by atoms with Gasteiger partial charge in [0.1, 0.15) is 5.75 Å². The maximum absolute atomic E-state index is 10.9. The normalized spacial score (nSPS) is 10.3. The Morgan fingerprint density at radius 2 is 2.11 bits per heavy atom. The third kappa shape index (κ3) is 5.02. The first kappa shape index (κ1) is 19.7. The lowest BCUT2D eigenvalue weighted by Gasteiger charge is -2.10. The quantitative estimate of drug-likeness (QED) is 0.339. The van der Waals surface area contributed by atoms with Crippen LogP contribution in [0, 0.1) is 10.1 Å². The minimum Gasteiger partial charge on any atom is -0.496 e. The number of methoxy groups -OCH3 is 1. The van der Waals surface area contributed by atoms with Crippen LogP contribution in [0.25, 0.3) is 11.3 Å². The van der Waals surface area contributed by atoms with Crippen molar-refractivity contribution < 1.29 is 9.66 Å². The van der Waals surface area contributed by atoms with E-state index in [4.69, 9.17) is 17.0 Å². The first-order valence-corrected chi connectivity index (χ1v) is 9.72. The molecule has 0 saturated heterocycles. The molecule has 0 saturated carbocycles. The van der Waals surface area contributed by atoms with Crippen molar-refractivity contribution in [1.82, 2.24) is 10.3 Å². The van der Waals surface area contributed by atoms with E-state index >= 15 is 0 Å². The number of thiazole rings is 1. The van der Waals surface area contributed by atoms with Gasteiger partial charge in [-0.25, -0.2) is 4.98 Å². The molecule has 2 aromatic carbocycles. The number of ether oxygens (including phenoxy) is 1. The number of hydrogen-bond acceptors (Lipinski definition) is 6. The molecular formula is C19H18N4O3S2. The van der Waals surface area contributed by atoms with Crippen molar-refractivity contribution in [2.24, 2.45) is 0 Å². The topological polar surface area (TPSA) is 89.3 Å². The summed E-state index contributed by atoms with van der Waals surface area (Å²) in [5.74, 6) is 0.852. The van der Waals surface area contributed by atoms with Crippen LogP contribution in [0.15, 0.2) is 53.9 Å². The van der Waals surface area contributed by atoms with Crippen molar-refractivity contribution in [2.75, 3.05) is 19.0 Å². The van der Waals surface area contributed by atoms with E-state index in [1.165, 1.54) is 23.5 Å². The zero-order valence-electron chi connectivity index (χ0n) is 15.0. The summed E-state index contributed by atoms with van der Waals surface area (Å²) in [6, 6.07) is 14.2. The number of nitrogens with one attached hydrogen (secondary N) is 2. The van der Waals surface area contributed by atoms with Crippen LogP contribution < -0.4 is 15.4 Å². The molecule has 3 aromatic rings. The van der Waals surface area contributed by atoms with Crippen molar-refractivity contribution >= 4 is 39.5 Å². The Morgan fingerprint density at radius 3 is 2.89 bits per heavy atom. The van der Waals surface area contributed by atoms with Gasteiger partial charge in [0, 0.05) is 29.6 Å². The number of nitro groups is 1. The number of anilines is 1. The van der Waals surface area contributed by atoms with Crippen LogP contribution >= 0.6 is 23.6 Å². The van der Waals surface area contributed by atoms with Gasteiger partial charge in [-0.3, -0.25) is 10.1 Å². The third-order valence-electron chi connectivity index (χ3n) is 3.95. The molecule has 0 aliphatic carbocycles. The fraction of sp³-hybridized carbons (Fsp3) is 0.158. The molecule has 2 N–H and O–H groups in total. The van der Waals surface area contributed by atoms with Crippen LogP contribution in [-0.4, -0.2) is 28.7 Å². The Kier molecular flexibility index (Phi) is 6.51. The van der Waals surface area contributed by atoms with Gasteiger partial charge in [0.2, 0.25) is 0 Å². The molecule has 0 aliphatic heterocycles. The summed E-state index contributed by atoms with van der Waals surface area (Å²) in [5.41, 5.74) is 2.48. The van der Waals surface area contributed by atoms with Gasteiger partial charge < -0.3 is 15.4 Å². The van der Waals surface area contributed by atoms with Gasteiger partial charge in [0.05, 0.1) is 17.7 Å². The molecule has 0 bridgehead atoms. The molecule has 1 heterocycles. The smallest absolute Gasteiger partial charge is 0.270 e. The molecule has 0 radical (unpaired) electrons. The van der Waals surface area contributed by atoms with Crippen molar-refractivity contribution in [3.05, 3.63) is 69.6 Å². The molecule has 144 valence electrons. The molecule has 0 unspecified atom stereocenters. The van der Waals surface area contributed by atoms with Gasteiger partial charge in [0.15, 0.2) is 10.2 Å². The number of nitro benzene ring substituents is 1. The predicted octanol–water partition coefficient (Wildman–Crippen LogP) is 4.26. The lowest BCUT2D eigenvalue weighted by molar-refractivity contribution is -0.384. The number of para-hydroxylation sites is 1. The number of aromatic nitrogens is 1. The number of hydrogen-bond donors (Lipinski definition) is 2. The third-order valence-corrected chi connectivity index (χ3v) is 4.95. The number of thiocarbonyl (C=S) groups is 1. The van der Waals surface area contributed by atoms with Crippen LogP contribution in [-0.2, 0) is 6.42 Å². The Bertz CT molecular complexity index is 991. The lowest BCUT2D eigenvalue weighted by atomic mass is 10.1. The average Bonchev–Trinajstić information content (AvgIpc) is 3.17. The molecule has 0 spiro atoms. The Hall–Kier alpha value is -3.04. The molecule has 0 amide bonds. The summed E-state index contributed by atoms with van der Waals surface area (Å²) in [6.45, 7) is 0.648. The molecule has 7 nitrogen and oxygen atoms in total. The van der Waals surface area contributed by atoms with Gasteiger partial charge in [-0.15, -0.1) is 11.3 Å². The summed E-state index contributed by atoms with van der Waals surface area (Å²) >= 11 is 6.70. The number of non-ortho nitro benzene ring substituents is 1. The highest BCUT2D eigenvalue weighted by molar-refractivity contribution is 7.80. The SMILES string of the molecule is COc1ccccc1CCNC(=S)Nc1nc(-c2cccc([N+](=O)[O-])c2)cs1. The maximum atomic E-state index is 10.9. The van der Waals surface area contributed by atoms with Gasteiger partial charge in [-0.2, -0.15) is 0 Å². The van der Waals surface area contributed by atoms with Crippen LogP contribution in [0.2, 0.25) is 0 Å². The van der Waals surface area contributed by atoms with Gasteiger partial charge in [0.25, 0.3) is 5.69 Å². The number of nitrogens with zero attached hydrogens (tertiary/aromatic N) is 2. The fourth-order valence-electron chi connectivity index (χ4n) is 2.60.